The fraction of sp³-hybridized carbons (Fsp3) is 0.400. The van der Waals surface area contributed by atoms with E-state index in [1.165, 1.54) is 0 Å². The summed E-state index contributed by atoms with van der Waals surface area (Å²) in [6.07, 6.45) is 2.57. The lowest BCUT2D eigenvalue weighted by Gasteiger charge is -2.14. The molecule has 1 amide bonds. The van der Waals surface area contributed by atoms with Gasteiger partial charge in [0, 0.05) is 29.1 Å². The Morgan fingerprint density at radius 2 is 2.25 bits per heavy atom. The molecule has 0 spiro atoms. The number of aromatic amines is 1. The average molecular weight is 273 g/mol. The molecule has 5 heteroatoms. The van der Waals surface area contributed by atoms with E-state index in [9.17, 15) is 9.90 Å². The Kier molecular flexibility index (Phi) is 3.36. The predicted octanol–water partition coefficient (Wildman–Crippen LogP) is 1.64. The topological polar surface area (TPSA) is 91.1 Å². The number of nitrogen functional groups attached to an aromatic ring is 1. The largest absolute Gasteiger partial charge is 0.399 e. The van der Waals surface area contributed by atoms with Gasteiger partial charge in [-0.3, -0.25) is 4.79 Å². The molecule has 1 saturated carbocycles. The first kappa shape index (κ1) is 13.0. The molecule has 5 N–H and O–H groups in total. The molecule has 1 aliphatic carbocycles. The molecule has 1 heterocycles. The maximum absolute atomic E-state index is 12.1. The van der Waals surface area contributed by atoms with Crippen LogP contribution < -0.4 is 11.1 Å². The molecular weight excluding hydrogens is 254 g/mol. The van der Waals surface area contributed by atoms with Gasteiger partial charge in [0.2, 0.25) is 0 Å². The van der Waals surface area contributed by atoms with Crippen molar-refractivity contribution in [2.24, 2.45) is 5.92 Å². The molecule has 0 aliphatic heterocycles. The Morgan fingerprint density at radius 1 is 1.40 bits per heavy atom. The molecule has 5 nitrogen and oxygen atoms in total. The van der Waals surface area contributed by atoms with Gasteiger partial charge in [-0.25, -0.2) is 0 Å². The monoisotopic (exact) mass is 273 g/mol. The number of amides is 1. The van der Waals surface area contributed by atoms with Gasteiger partial charge in [-0.1, -0.05) is 6.42 Å². The number of hydrogen-bond donors (Lipinski definition) is 4. The number of carbonyl (C=O) groups is 1. The van der Waals surface area contributed by atoms with Crippen LogP contribution in [0, 0.1) is 5.92 Å². The highest BCUT2D eigenvalue weighted by molar-refractivity contribution is 5.98. The lowest BCUT2D eigenvalue weighted by Crippen LogP contribution is -2.32. The van der Waals surface area contributed by atoms with E-state index in [-0.39, 0.29) is 17.9 Å². The molecule has 0 saturated heterocycles. The number of aliphatic hydroxyl groups is 1. The predicted molar refractivity (Wildman–Crippen MR) is 78.4 cm³/mol. The van der Waals surface area contributed by atoms with Crippen molar-refractivity contribution in [3.63, 3.8) is 0 Å². The number of H-pyrrole nitrogens is 1. The van der Waals surface area contributed by atoms with Crippen molar-refractivity contribution in [3.05, 3.63) is 30.0 Å². The van der Waals surface area contributed by atoms with Crippen molar-refractivity contribution in [1.82, 2.24) is 10.3 Å². The minimum atomic E-state index is -0.280. The molecule has 106 valence electrons. The van der Waals surface area contributed by atoms with Gasteiger partial charge in [0.25, 0.3) is 5.91 Å². The number of aliphatic hydroxyl groups excluding tert-OH is 1. The van der Waals surface area contributed by atoms with Crippen molar-refractivity contribution in [2.45, 2.75) is 25.4 Å². The molecule has 3 rings (SSSR count). The molecule has 1 aromatic carbocycles. The summed E-state index contributed by atoms with van der Waals surface area (Å²) in [4.78, 5) is 15.2. The Morgan fingerprint density at radius 3 is 3.00 bits per heavy atom. The van der Waals surface area contributed by atoms with E-state index in [4.69, 9.17) is 5.73 Å². The Hall–Kier alpha value is -2.01. The molecule has 1 aromatic heterocycles. The first-order chi connectivity index (χ1) is 9.63. The van der Waals surface area contributed by atoms with E-state index < -0.39 is 0 Å². The second-order valence-corrected chi connectivity index (χ2v) is 5.50. The maximum Gasteiger partial charge on any atom is 0.267 e. The van der Waals surface area contributed by atoms with Crippen LogP contribution in [-0.4, -0.2) is 28.6 Å². The number of benzene rings is 1. The number of hydrogen-bond acceptors (Lipinski definition) is 3. The van der Waals surface area contributed by atoms with Gasteiger partial charge in [-0.15, -0.1) is 0 Å². The molecule has 2 atom stereocenters. The van der Waals surface area contributed by atoms with Crippen LogP contribution in [0.2, 0.25) is 0 Å². The normalized spacial score (nSPS) is 22.2. The summed E-state index contributed by atoms with van der Waals surface area (Å²) in [5.74, 6) is 0.0397. The lowest BCUT2D eigenvalue weighted by molar-refractivity contribution is 0.0913. The third kappa shape index (κ3) is 2.49. The van der Waals surface area contributed by atoms with Gasteiger partial charge in [-0.2, -0.15) is 0 Å². The molecule has 1 aliphatic rings. The Balaban J connectivity index is 1.69. The second-order valence-electron chi connectivity index (χ2n) is 5.50. The van der Waals surface area contributed by atoms with Crippen LogP contribution in [-0.2, 0) is 0 Å². The summed E-state index contributed by atoms with van der Waals surface area (Å²) in [6, 6.07) is 7.30. The van der Waals surface area contributed by atoms with Crippen LogP contribution >= 0.6 is 0 Å². The SMILES string of the molecule is Nc1ccc2[nH]c(C(=O)NCC3CCCC3O)cc2c1. The lowest BCUT2D eigenvalue weighted by atomic mass is 10.1. The van der Waals surface area contributed by atoms with E-state index in [1.807, 2.05) is 12.1 Å². The minimum absolute atomic E-state index is 0.140. The number of anilines is 1. The summed E-state index contributed by atoms with van der Waals surface area (Å²) in [5, 5.41) is 13.6. The van der Waals surface area contributed by atoms with Crippen LogP contribution in [0.1, 0.15) is 29.8 Å². The van der Waals surface area contributed by atoms with Gasteiger partial charge in [0.1, 0.15) is 5.69 Å². The molecule has 2 aromatic rings. The molecule has 2 unspecified atom stereocenters. The molecule has 20 heavy (non-hydrogen) atoms. The number of carbonyl (C=O) groups excluding carboxylic acids is 1. The quantitative estimate of drug-likeness (QED) is 0.641. The Bertz CT molecular complexity index is 635. The highest BCUT2D eigenvalue weighted by Gasteiger charge is 2.25. The van der Waals surface area contributed by atoms with Gasteiger partial charge < -0.3 is 21.1 Å². The Labute approximate surface area is 117 Å². The zero-order chi connectivity index (χ0) is 14.1. The van der Waals surface area contributed by atoms with Crippen molar-refractivity contribution >= 4 is 22.5 Å². The van der Waals surface area contributed by atoms with Crippen LogP contribution in [0.4, 0.5) is 5.69 Å². The highest BCUT2D eigenvalue weighted by atomic mass is 16.3. The van der Waals surface area contributed by atoms with E-state index >= 15 is 0 Å². The van der Waals surface area contributed by atoms with Crippen molar-refractivity contribution in [3.8, 4) is 0 Å². The maximum atomic E-state index is 12.1. The minimum Gasteiger partial charge on any atom is -0.399 e. The van der Waals surface area contributed by atoms with Crippen molar-refractivity contribution in [2.75, 3.05) is 12.3 Å². The fourth-order valence-corrected chi connectivity index (χ4v) is 2.85. The summed E-state index contributed by atoms with van der Waals surface area (Å²) in [6.45, 7) is 0.525. The molecule has 1 fully saturated rings. The van der Waals surface area contributed by atoms with Crippen molar-refractivity contribution < 1.29 is 9.90 Å². The number of nitrogens with one attached hydrogen (secondary N) is 2. The van der Waals surface area contributed by atoms with Crippen molar-refractivity contribution in [1.29, 1.82) is 0 Å². The van der Waals surface area contributed by atoms with E-state index in [2.05, 4.69) is 10.3 Å². The second kappa shape index (κ2) is 5.17. The third-order valence-corrected chi connectivity index (χ3v) is 4.03. The number of rotatable bonds is 3. The first-order valence-corrected chi connectivity index (χ1v) is 6.98. The molecular formula is C15H19N3O2. The summed E-state index contributed by atoms with van der Waals surface area (Å²) in [7, 11) is 0. The van der Waals surface area contributed by atoms with Gasteiger partial charge in [0.15, 0.2) is 0 Å². The standard InChI is InChI=1S/C15H19N3O2/c16-11-4-5-12-10(6-11)7-13(18-12)15(20)17-8-9-2-1-3-14(9)19/h4-7,9,14,18-19H,1-3,8,16H2,(H,17,20). The number of fused-ring (bicyclic) bond motifs is 1. The smallest absolute Gasteiger partial charge is 0.267 e. The van der Waals surface area contributed by atoms with Crippen LogP contribution in [0.5, 0.6) is 0 Å². The average Bonchev–Trinajstić information content (AvgIpc) is 3.01. The number of nitrogens with two attached hydrogens (primary N) is 1. The fourth-order valence-electron chi connectivity index (χ4n) is 2.85. The van der Waals surface area contributed by atoms with Crippen LogP contribution in [0.25, 0.3) is 10.9 Å². The summed E-state index contributed by atoms with van der Waals surface area (Å²) >= 11 is 0. The summed E-state index contributed by atoms with van der Waals surface area (Å²) < 4.78 is 0. The van der Waals surface area contributed by atoms with Crippen LogP contribution in [0.15, 0.2) is 24.3 Å². The van der Waals surface area contributed by atoms with Crippen LogP contribution in [0.3, 0.4) is 0 Å². The molecule has 0 bridgehead atoms. The van der Waals surface area contributed by atoms with Gasteiger partial charge >= 0.3 is 0 Å². The third-order valence-electron chi connectivity index (χ3n) is 4.03. The summed E-state index contributed by atoms with van der Waals surface area (Å²) in [5.41, 5.74) is 7.82. The van der Waals surface area contributed by atoms with E-state index in [1.54, 1.807) is 12.1 Å². The number of aromatic nitrogens is 1. The molecule has 0 radical (unpaired) electrons. The van der Waals surface area contributed by atoms with E-state index in [0.29, 0.717) is 17.9 Å². The van der Waals surface area contributed by atoms with Gasteiger partial charge in [0.05, 0.1) is 6.10 Å². The van der Waals surface area contributed by atoms with Gasteiger partial charge in [-0.05, 0) is 37.1 Å². The first-order valence-electron chi connectivity index (χ1n) is 6.98. The zero-order valence-electron chi connectivity index (χ0n) is 11.2. The highest BCUT2D eigenvalue weighted by Crippen LogP contribution is 2.25. The van der Waals surface area contributed by atoms with E-state index in [0.717, 1.165) is 30.2 Å². The zero-order valence-corrected chi connectivity index (χ0v) is 11.2.